The van der Waals surface area contributed by atoms with Crippen molar-refractivity contribution in [3.05, 3.63) is 30.0 Å². The highest BCUT2D eigenvalue weighted by atomic mass is 19.3. The van der Waals surface area contributed by atoms with Crippen molar-refractivity contribution in [1.82, 2.24) is 15.2 Å². The number of hydrogen-bond donors (Lipinski definition) is 1. The zero-order valence-electron chi connectivity index (χ0n) is 18.8. The summed E-state index contributed by atoms with van der Waals surface area (Å²) in [5.74, 6) is 0.233. The van der Waals surface area contributed by atoms with Gasteiger partial charge < -0.3 is 24.4 Å². The average molecular weight is 452 g/mol. The number of piperidine rings is 1. The number of halogens is 2. The Labute approximate surface area is 187 Å². The highest BCUT2D eigenvalue weighted by molar-refractivity contribution is 5.97. The fourth-order valence-electron chi connectivity index (χ4n) is 3.99. The molecular weight excluding hydrogens is 420 g/mol. The van der Waals surface area contributed by atoms with Gasteiger partial charge in [0.15, 0.2) is 0 Å². The van der Waals surface area contributed by atoms with E-state index in [1.54, 1.807) is 19.2 Å². The number of aromatic nitrogens is 1. The summed E-state index contributed by atoms with van der Waals surface area (Å²) in [4.78, 5) is 19.9. The van der Waals surface area contributed by atoms with Crippen molar-refractivity contribution in [1.29, 1.82) is 0 Å². The van der Waals surface area contributed by atoms with Gasteiger partial charge in [-0.3, -0.25) is 4.79 Å². The Morgan fingerprint density at radius 3 is 2.75 bits per heavy atom. The Morgan fingerprint density at radius 2 is 2.09 bits per heavy atom. The number of hydrogen-bond acceptors (Lipinski definition) is 6. The topological polar surface area (TPSA) is 72.9 Å². The maximum Gasteiger partial charge on any atom is 0.387 e. The standard InChI is InChI=1S/C23H31F2N3O4/c1-15(2)28(16-6-4-9-26-14-16)22(29)20-13-21(31-11-5-10-30-3)18-12-17(32-23(24)25)7-8-19(18)27-20/h7-8,12-13,15-16,23,26H,4-6,9-11,14H2,1-3H3/t16-/m1/s1. The third kappa shape index (κ3) is 6.04. The van der Waals surface area contributed by atoms with E-state index in [0.29, 0.717) is 36.3 Å². The second-order valence-electron chi connectivity index (χ2n) is 8.06. The van der Waals surface area contributed by atoms with E-state index in [0.717, 1.165) is 25.9 Å². The highest BCUT2D eigenvalue weighted by Crippen LogP contribution is 2.31. The summed E-state index contributed by atoms with van der Waals surface area (Å²) >= 11 is 0. The normalized spacial score (nSPS) is 16.5. The lowest BCUT2D eigenvalue weighted by Crippen LogP contribution is -2.51. The molecule has 1 aliphatic rings. The van der Waals surface area contributed by atoms with E-state index in [-0.39, 0.29) is 29.4 Å². The smallest absolute Gasteiger partial charge is 0.387 e. The van der Waals surface area contributed by atoms with Gasteiger partial charge in [-0.25, -0.2) is 4.98 Å². The van der Waals surface area contributed by atoms with E-state index in [9.17, 15) is 13.6 Å². The van der Waals surface area contributed by atoms with Gasteiger partial charge in [0.1, 0.15) is 17.2 Å². The quantitative estimate of drug-likeness (QED) is 0.553. The van der Waals surface area contributed by atoms with Crippen LogP contribution in [-0.4, -0.2) is 67.9 Å². The molecule has 1 atom stereocenters. The molecule has 2 heterocycles. The molecule has 1 amide bonds. The second kappa shape index (κ2) is 11.4. The number of carbonyl (C=O) groups excluding carboxylic acids is 1. The Bertz CT molecular complexity index is 904. The Balaban J connectivity index is 1.97. The van der Waals surface area contributed by atoms with Gasteiger partial charge in [0.05, 0.1) is 12.1 Å². The van der Waals surface area contributed by atoms with Gasteiger partial charge in [-0.15, -0.1) is 0 Å². The Hall–Kier alpha value is -2.52. The van der Waals surface area contributed by atoms with Crippen LogP contribution in [0, 0.1) is 0 Å². The molecule has 1 N–H and O–H groups in total. The predicted molar refractivity (Wildman–Crippen MR) is 118 cm³/mol. The summed E-state index contributed by atoms with van der Waals surface area (Å²) in [7, 11) is 1.60. The highest BCUT2D eigenvalue weighted by Gasteiger charge is 2.30. The van der Waals surface area contributed by atoms with Crippen molar-refractivity contribution >= 4 is 16.8 Å². The first-order valence-corrected chi connectivity index (χ1v) is 11.0. The maximum absolute atomic E-state index is 13.5. The molecule has 1 aromatic heterocycles. The van der Waals surface area contributed by atoms with Crippen molar-refractivity contribution in [2.24, 2.45) is 0 Å². The molecule has 0 aliphatic carbocycles. The summed E-state index contributed by atoms with van der Waals surface area (Å²) in [6, 6.07) is 6.11. The summed E-state index contributed by atoms with van der Waals surface area (Å²) in [5, 5.41) is 3.86. The number of methoxy groups -OCH3 is 1. The van der Waals surface area contributed by atoms with E-state index in [1.807, 2.05) is 18.7 Å². The molecule has 176 valence electrons. The summed E-state index contributed by atoms with van der Waals surface area (Å²) in [6.07, 6.45) is 2.58. The maximum atomic E-state index is 13.5. The van der Waals surface area contributed by atoms with Crippen molar-refractivity contribution in [2.75, 3.05) is 33.4 Å². The molecule has 1 fully saturated rings. The van der Waals surface area contributed by atoms with E-state index >= 15 is 0 Å². The molecule has 1 aliphatic heterocycles. The minimum absolute atomic E-state index is 0.00205. The molecule has 32 heavy (non-hydrogen) atoms. The molecule has 1 saturated heterocycles. The van der Waals surface area contributed by atoms with Gasteiger partial charge >= 0.3 is 6.61 Å². The molecule has 0 radical (unpaired) electrons. The van der Waals surface area contributed by atoms with E-state index in [1.165, 1.54) is 12.1 Å². The lowest BCUT2D eigenvalue weighted by Gasteiger charge is -2.37. The van der Waals surface area contributed by atoms with Crippen LogP contribution in [0.25, 0.3) is 10.9 Å². The van der Waals surface area contributed by atoms with Crippen molar-refractivity contribution in [3.63, 3.8) is 0 Å². The molecule has 0 spiro atoms. The summed E-state index contributed by atoms with van der Waals surface area (Å²) < 4.78 is 40.9. The lowest BCUT2D eigenvalue weighted by atomic mass is 10.0. The lowest BCUT2D eigenvalue weighted by molar-refractivity contribution is -0.0497. The van der Waals surface area contributed by atoms with Gasteiger partial charge in [-0.1, -0.05) is 0 Å². The van der Waals surface area contributed by atoms with Crippen LogP contribution in [0.4, 0.5) is 8.78 Å². The summed E-state index contributed by atoms with van der Waals surface area (Å²) in [6.45, 7) is 3.61. The predicted octanol–water partition coefficient (Wildman–Crippen LogP) is 3.85. The number of pyridine rings is 1. The third-order valence-corrected chi connectivity index (χ3v) is 5.39. The number of alkyl halides is 2. The minimum Gasteiger partial charge on any atom is -0.493 e. The molecular formula is C23H31F2N3O4. The van der Waals surface area contributed by atoms with E-state index in [2.05, 4.69) is 15.0 Å². The average Bonchev–Trinajstić information content (AvgIpc) is 2.76. The molecule has 9 heteroatoms. The van der Waals surface area contributed by atoms with Crippen molar-refractivity contribution in [2.45, 2.75) is 51.8 Å². The minimum atomic E-state index is -2.93. The number of rotatable bonds is 10. The molecule has 3 rings (SSSR count). The van der Waals surface area contributed by atoms with Crippen LogP contribution in [0.15, 0.2) is 24.3 Å². The van der Waals surface area contributed by atoms with Gasteiger partial charge in [0.2, 0.25) is 0 Å². The Kier molecular flexibility index (Phi) is 8.58. The van der Waals surface area contributed by atoms with E-state index in [4.69, 9.17) is 9.47 Å². The monoisotopic (exact) mass is 451 g/mol. The zero-order chi connectivity index (χ0) is 23.1. The number of ether oxygens (including phenoxy) is 3. The van der Waals surface area contributed by atoms with Crippen LogP contribution in [0.3, 0.4) is 0 Å². The van der Waals surface area contributed by atoms with Crippen molar-refractivity contribution in [3.8, 4) is 11.5 Å². The zero-order valence-corrected chi connectivity index (χ0v) is 18.8. The number of amides is 1. The number of nitrogens with one attached hydrogen (secondary N) is 1. The fourth-order valence-corrected chi connectivity index (χ4v) is 3.99. The first-order valence-electron chi connectivity index (χ1n) is 11.0. The van der Waals surface area contributed by atoms with Crippen LogP contribution < -0.4 is 14.8 Å². The van der Waals surface area contributed by atoms with Crippen LogP contribution in [0.2, 0.25) is 0 Å². The van der Waals surface area contributed by atoms with Crippen molar-refractivity contribution < 1.29 is 27.8 Å². The van der Waals surface area contributed by atoms with Crippen LogP contribution >= 0.6 is 0 Å². The number of nitrogens with zero attached hydrogens (tertiary/aromatic N) is 2. The Morgan fingerprint density at radius 1 is 1.28 bits per heavy atom. The largest absolute Gasteiger partial charge is 0.493 e. The molecule has 7 nitrogen and oxygen atoms in total. The second-order valence-corrected chi connectivity index (χ2v) is 8.06. The van der Waals surface area contributed by atoms with Crippen LogP contribution in [-0.2, 0) is 4.74 Å². The fraction of sp³-hybridized carbons (Fsp3) is 0.565. The van der Waals surface area contributed by atoms with Gasteiger partial charge in [0, 0.05) is 50.2 Å². The molecule has 0 unspecified atom stereocenters. The molecule has 1 aromatic carbocycles. The molecule has 0 bridgehead atoms. The number of benzene rings is 1. The van der Waals surface area contributed by atoms with Gasteiger partial charge in [-0.05, 0) is 51.4 Å². The molecule has 2 aromatic rings. The van der Waals surface area contributed by atoms with Crippen LogP contribution in [0.5, 0.6) is 11.5 Å². The number of carbonyl (C=O) groups is 1. The first-order chi connectivity index (χ1) is 15.4. The van der Waals surface area contributed by atoms with Gasteiger partial charge in [-0.2, -0.15) is 8.78 Å². The van der Waals surface area contributed by atoms with E-state index < -0.39 is 6.61 Å². The summed E-state index contributed by atoms with van der Waals surface area (Å²) in [5.41, 5.74) is 0.741. The third-order valence-electron chi connectivity index (χ3n) is 5.39. The van der Waals surface area contributed by atoms with Gasteiger partial charge in [0.25, 0.3) is 5.91 Å². The van der Waals surface area contributed by atoms with Crippen LogP contribution in [0.1, 0.15) is 43.6 Å². The number of fused-ring (bicyclic) bond motifs is 1. The SMILES string of the molecule is COCCCOc1cc(C(=O)N(C(C)C)[C@@H]2CCCNC2)nc2ccc(OC(F)F)cc12. The first kappa shape index (κ1) is 24.1. The molecule has 0 saturated carbocycles.